The number of aryl methyl sites for hydroxylation is 2. The zero-order valence-corrected chi connectivity index (χ0v) is 15.7. The molecule has 9 heteroatoms. The second-order valence-corrected chi connectivity index (χ2v) is 6.78. The highest BCUT2D eigenvalue weighted by Gasteiger charge is 2.29. The molecule has 1 aliphatic heterocycles. The van der Waals surface area contributed by atoms with E-state index in [1.165, 1.54) is 21.6 Å². The first kappa shape index (κ1) is 20.0. The van der Waals surface area contributed by atoms with Crippen molar-refractivity contribution in [3.8, 4) is 0 Å². The van der Waals surface area contributed by atoms with Gasteiger partial charge in [0.15, 0.2) is 0 Å². The Bertz CT molecular complexity index is 549. The SMILES string of the molecule is CCC(=O)N1CN(C(C)=O)CN(C(=O)CC)C1.Cc1nnc(C)s1. The lowest BCUT2D eigenvalue weighted by atomic mass is 10.3. The van der Waals surface area contributed by atoms with E-state index in [2.05, 4.69) is 10.2 Å². The molecule has 0 unspecified atom stereocenters. The summed E-state index contributed by atoms with van der Waals surface area (Å²) in [4.78, 5) is 39.2. The summed E-state index contributed by atoms with van der Waals surface area (Å²) in [6.07, 6.45) is 0.750. The smallest absolute Gasteiger partial charge is 0.225 e. The summed E-state index contributed by atoms with van der Waals surface area (Å²) >= 11 is 1.62. The molecule has 8 nitrogen and oxygen atoms in total. The Morgan fingerprint density at radius 3 is 1.50 bits per heavy atom. The van der Waals surface area contributed by atoms with Gasteiger partial charge < -0.3 is 14.7 Å². The predicted molar refractivity (Wildman–Crippen MR) is 90.8 cm³/mol. The highest BCUT2D eigenvalue weighted by Crippen LogP contribution is 2.10. The molecule has 0 atom stereocenters. The number of hydrogen-bond acceptors (Lipinski definition) is 6. The van der Waals surface area contributed by atoms with Gasteiger partial charge in [-0.25, -0.2) is 0 Å². The molecule has 1 saturated heterocycles. The van der Waals surface area contributed by atoms with E-state index >= 15 is 0 Å². The maximum atomic E-state index is 11.6. The molecule has 0 bridgehead atoms. The minimum Gasteiger partial charge on any atom is -0.307 e. The lowest BCUT2D eigenvalue weighted by Gasteiger charge is -2.41. The molecule has 0 aromatic carbocycles. The summed E-state index contributed by atoms with van der Waals surface area (Å²) in [6.45, 7) is 9.69. The van der Waals surface area contributed by atoms with Crippen LogP contribution in [0.15, 0.2) is 0 Å². The molecule has 1 aromatic heterocycles. The summed E-state index contributed by atoms with van der Waals surface area (Å²) in [5.41, 5.74) is 0. The van der Waals surface area contributed by atoms with Crippen molar-refractivity contribution in [2.75, 3.05) is 20.0 Å². The average Bonchev–Trinajstić information content (AvgIpc) is 2.96. The number of amides is 3. The average molecular weight is 355 g/mol. The van der Waals surface area contributed by atoms with Gasteiger partial charge in [-0.2, -0.15) is 0 Å². The number of aromatic nitrogens is 2. The van der Waals surface area contributed by atoms with Crippen molar-refractivity contribution in [1.82, 2.24) is 24.9 Å². The molecule has 1 aliphatic rings. The van der Waals surface area contributed by atoms with Gasteiger partial charge in [-0.15, -0.1) is 21.5 Å². The Labute approximate surface area is 146 Å². The molecule has 0 radical (unpaired) electrons. The molecule has 1 fully saturated rings. The van der Waals surface area contributed by atoms with E-state index in [9.17, 15) is 14.4 Å². The van der Waals surface area contributed by atoms with Crippen LogP contribution in [0.3, 0.4) is 0 Å². The number of rotatable bonds is 2. The van der Waals surface area contributed by atoms with Gasteiger partial charge in [-0.3, -0.25) is 14.4 Å². The van der Waals surface area contributed by atoms with Crippen molar-refractivity contribution in [1.29, 1.82) is 0 Å². The predicted octanol–water partition coefficient (Wildman–Crippen LogP) is 1.35. The van der Waals surface area contributed by atoms with Crippen LogP contribution in [0, 0.1) is 13.8 Å². The Morgan fingerprint density at radius 1 is 0.875 bits per heavy atom. The lowest BCUT2D eigenvalue weighted by molar-refractivity contribution is -0.157. The van der Waals surface area contributed by atoms with Gasteiger partial charge in [0.05, 0.1) is 20.0 Å². The van der Waals surface area contributed by atoms with Gasteiger partial charge in [-0.05, 0) is 13.8 Å². The van der Waals surface area contributed by atoms with E-state index in [0.29, 0.717) is 12.8 Å². The topological polar surface area (TPSA) is 86.7 Å². The minimum absolute atomic E-state index is 0.0511. The van der Waals surface area contributed by atoms with Crippen LogP contribution in [0.1, 0.15) is 43.6 Å². The van der Waals surface area contributed by atoms with Crippen molar-refractivity contribution in [2.24, 2.45) is 0 Å². The summed E-state index contributed by atoms with van der Waals surface area (Å²) in [5, 5.41) is 9.65. The van der Waals surface area contributed by atoms with Gasteiger partial charge in [0.1, 0.15) is 10.0 Å². The van der Waals surface area contributed by atoms with Crippen molar-refractivity contribution >= 4 is 29.1 Å². The minimum atomic E-state index is -0.132. The zero-order chi connectivity index (χ0) is 18.3. The van der Waals surface area contributed by atoms with Crippen LogP contribution in [0.25, 0.3) is 0 Å². The first-order chi connectivity index (χ1) is 11.3. The summed E-state index contributed by atoms with van der Waals surface area (Å²) in [5.74, 6) is -0.234. The van der Waals surface area contributed by atoms with Crippen molar-refractivity contribution < 1.29 is 14.4 Å². The van der Waals surface area contributed by atoms with E-state index < -0.39 is 0 Å². The Kier molecular flexibility index (Phi) is 7.76. The van der Waals surface area contributed by atoms with Gasteiger partial charge in [-0.1, -0.05) is 13.8 Å². The van der Waals surface area contributed by atoms with E-state index in [-0.39, 0.29) is 37.7 Å². The second kappa shape index (κ2) is 9.31. The Balaban J connectivity index is 0.000000341. The fourth-order valence-corrected chi connectivity index (χ4v) is 2.70. The van der Waals surface area contributed by atoms with Crippen LogP contribution in [-0.2, 0) is 14.4 Å². The quantitative estimate of drug-likeness (QED) is 0.799. The van der Waals surface area contributed by atoms with Crippen LogP contribution in [0.2, 0.25) is 0 Å². The summed E-state index contributed by atoms with van der Waals surface area (Å²) in [6, 6.07) is 0. The highest BCUT2D eigenvalue weighted by atomic mass is 32.1. The molecule has 0 spiro atoms. The van der Waals surface area contributed by atoms with Gasteiger partial charge >= 0.3 is 0 Å². The third-order valence-corrected chi connectivity index (χ3v) is 4.16. The van der Waals surface area contributed by atoms with E-state index in [4.69, 9.17) is 0 Å². The highest BCUT2D eigenvalue weighted by molar-refractivity contribution is 7.11. The van der Waals surface area contributed by atoms with Crippen LogP contribution in [0.5, 0.6) is 0 Å². The number of carbonyl (C=O) groups excluding carboxylic acids is 3. The van der Waals surface area contributed by atoms with Gasteiger partial charge in [0.2, 0.25) is 17.7 Å². The molecule has 3 amide bonds. The third-order valence-electron chi connectivity index (χ3n) is 3.41. The second-order valence-electron chi connectivity index (χ2n) is 5.40. The largest absolute Gasteiger partial charge is 0.307 e. The van der Waals surface area contributed by atoms with E-state index in [0.717, 1.165) is 10.0 Å². The fourth-order valence-electron chi connectivity index (χ4n) is 2.11. The van der Waals surface area contributed by atoms with E-state index in [1.54, 1.807) is 25.2 Å². The van der Waals surface area contributed by atoms with Crippen LogP contribution < -0.4 is 0 Å². The first-order valence-corrected chi connectivity index (χ1v) is 8.67. The Morgan fingerprint density at radius 2 is 1.25 bits per heavy atom. The number of hydrogen-bond donors (Lipinski definition) is 0. The standard InChI is InChI=1S/C11H19N3O3.C4H6N2S/c1-4-10(16)13-6-12(9(3)15)7-14(8-13)11(17)5-2;1-3-5-6-4(2)7-3/h4-8H2,1-3H3;1-2H3. The fraction of sp³-hybridized carbons (Fsp3) is 0.667. The molecule has 2 heterocycles. The zero-order valence-electron chi connectivity index (χ0n) is 14.9. The summed E-state index contributed by atoms with van der Waals surface area (Å²) < 4.78 is 0. The third kappa shape index (κ3) is 5.88. The number of carbonyl (C=O) groups is 3. The molecule has 0 aliphatic carbocycles. The molecule has 2 rings (SSSR count). The van der Waals surface area contributed by atoms with Crippen molar-refractivity contribution in [2.45, 2.75) is 47.5 Å². The maximum absolute atomic E-state index is 11.6. The summed E-state index contributed by atoms with van der Waals surface area (Å²) in [7, 11) is 0. The van der Waals surface area contributed by atoms with Crippen LogP contribution in [-0.4, -0.2) is 62.6 Å². The van der Waals surface area contributed by atoms with E-state index in [1.807, 2.05) is 13.8 Å². The molecule has 0 N–H and O–H groups in total. The number of nitrogens with zero attached hydrogens (tertiary/aromatic N) is 5. The van der Waals surface area contributed by atoms with Crippen LogP contribution in [0.4, 0.5) is 0 Å². The van der Waals surface area contributed by atoms with Gasteiger partial charge in [0.25, 0.3) is 0 Å². The molecule has 24 heavy (non-hydrogen) atoms. The molecular weight excluding hydrogens is 330 g/mol. The molecule has 0 saturated carbocycles. The van der Waals surface area contributed by atoms with Crippen molar-refractivity contribution in [3.63, 3.8) is 0 Å². The van der Waals surface area contributed by atoms with Crippen molar-refractivity contribution in [3.05, 3.63) is 10.0 Å². The monoisotopic (exact) mass is 355 g/mol. The van der Waals surface area contributed by atoms with Gasteiger partial charge in [0, 0.05) is 19.8 Å². The maximum Gasteiger partial charge on any atom is 0.225 e. The Hall–Kier alpha value is -2.03. The normalized spacial score (nSPS) is 14.1. The molecular formula is C15H25N5O3S. The molecule has 1 aromatic rings. The first-order valence-electron chi connectivity index (χ1n) is 7.86. The van der Waals surface area contributed by atoms with Crippen LogP contribution >= 0.6 is 11.3 Å². The molecule has 134 valence electrons. The lowest BCUT2D eigenvalue weighted by Crippen LogP contribution is -2.58.